The van der Waals surface area contributed by atoms with Crippen LogP contribution in [0, 0.1) is 18.3 Å². The van der Waals surface area contributed by atoms with E-state index in [0.29, 0.717) is 31.8 Å². The van der Waals surface area contributed by atoms with E-state index in [-0.39, 0.29) is 5.91 Å². The number of hydrogen-bond donors (Lipinski definition) is 1. The van der Waals surface area contributed by atoms with E-state index < -0.39 is 11.4 Å². The van der Waals surface area contributed by atoms with Gasteiger partial charge in [-0.2, -0.15) is 0 Å². The van der Waals surface area contributed by atoms with Gasteiger partial charge in [0.05, 0.1) is 16.1 Å². The molecule has 1 aliphatic heterocycles. The summed E-state index contributed by atoms with van der Waals surface area (Å²) >= 11 is 1.45. The Balaban J connectivity index is 2.12. The monoisotopic (exact) mass is 324 g/mol. The van der Waals surface area contributed by atoms with Crippen LogP contribution in [-0.2, 0) is 11.2 Å². The number of amides is 1. The molecule has 22 heavy (non-hydrogen) atoms. The molecule has 6 heteroatoms. The molecule has 0 saturated carbocycles. The van der Waals surface area contributed by atoms with Crippen LogP contribution in [0.2, 0.25) is 0 Å². The summed E-state index contributed by atoms with van der Waals surface area (Å²) in [6.45, 7) is 8.91. The normalized spacial score (nSPS) is 17.8. The number of carboxylic acid groups (broad SMARTS) is 1. The second-order valence-electron chi connectivity index (χ2n) is 6.76. The van der Waals surface area contributed by atoms with Crippen LogP contribution in [0.3, 0.4) is 0 Å². The lowest BCUT2D eigenvalue weighted by Gasteiger charge is -2.36. The van der Waals surface area contributed by atoms with Gasteiger partial charge in [0.15, 0.2) is 0 Å². The zero-order valence-electron chi connectivity index (χ0n) is 13.7. The molecule has 0 bridgehead atoms. The molecule has 1 N–H and O–H groups in total. The molecule has 0 unspecified atom stereocenters. The molecule has 1 aliphatic rings. The first-order valence-corrected chi connectivity index (χ1v) is 8.53. The summed E-state index contributed by atoms with van der Waals surface area (Å²) < 4.78 is 0. The maximum absolute atomic E-state index is 12.7. The third-order valence-corrected chi connectivity index (χ3v) is 5.27. The Bertz CT molecular complexity index is 572. The van der Waals surface area contributed by atoms with Gasteiger partial charge in [-0.05, 0) is 39.0 Å². The van der Waals surface area contributed by atoms with E-state index in [1.165, 1.54) is 11.3 Å². The number of likely N-dealkylation sites (tertiary alicyclic amines) is 1. The molecular weight excluding hydrogens is 300 g/mol. The SMILES string of the molecule is Cc1nc(CC(C)C)c(C(=O)N2CCC(C)(C(=O)O)CC2)s1. The smallest absolute Gasteiger partial charge is 0.309 e. The fraction of sp³-hybridized carbons (Fsp3) is 0.688. The summed E-state index contributed by atoms with van der Waals surface area (Å²) in [6.07, 6.45) is 1.81. The predicted molar refractivity (Wildman–Crippen MR) is 86.3 cm³/mol. The van der Waals surface area contributed by atoms with Crippen LogP contribution in [-0.4, -0.2) is 40.0 Å². The number of hydrogen-bond acceptors (Lipinski definition) is 4. The molecule has 0 atom stereocenters. The van der Waals surface area contributed by atoms with E-state index in [0.717, 1.165) is 22.0 Å². The van der Waals surface area contributed by atoms with Gasteiger partial charge in [0.2, 0.25) is 0 Å². The lowest BCUT2D eigenvalue weighted by atomic mass is 9.80. The Hall–Kier alpha value is -1.43. The average Bonchev–Trinajstić information content (AvgIpc) is 2.78. The highest BCUT2D eigenvalue weighted by molar-refractivity contribution is 7.13. The number of piperidine rings is 1. The van der Waals surface area contributed by atoms with Crippen molar-refractivity contribution in [1.29, 1.82) is 0 Å². The molecule has 0 aromatic carbocycles. The van der Waals surface area contributed by atoms with Gasteiger partial charge in [0.25, 0.3) is 5.91 Å². The van der Waals surface area contributed by atoms with Crippen molar-refractivity contribution in [2.45, 2.75) is 47.0 Å². The van der Waals surface area contributed by atoms with Gasteiger partial charge in [-0.3, -0.25) is 9.59 Å². The van der Waals surface area contributed by atoms with Crippen molar-refractivity contribution in [2.24, 2.45) is 11.3 Å². The van der Waals surface area contributed by atoms with Crippen molar-refractivity contribution in [3.8, 4) is 0 Å². The molecule has 0 spiro atoms. The largest absolute Gasteiger partial charge is 0.481 e. The predicted octanol–water partition coefficient (Wildman–Crippen LogP) is 2.98. The van der Waals surface area contributed by atoms with Crippen LogP contribution < -0.4 is 0 Å². The van der Waals surface area contributed by atoms with Crippen molar-refractivity contribution in [2.75, 3.05) is 13.1 Å². The summed E-state index contributed by atoms with van der Waals surface area (Å²) in [4.78, 5) is 31.0. The number of aliphatic carboxylic acids is 1. The fourth-order valence-electron chi connectivity index (χ4n) is 2.72. The first-order chi connectivity index (χ1) is 10.2. The summed E-state index contributed by atoms with van der Waals surface area (Å²) in [5, 5.41) is 10.2. The molecule has 0 aliphatic carbocycles. The molecule has 122 valence electrons. The summed E-state index contributed by atoms with van der Waals surface area (Å²) in [5.41, 5.74) is 0.176. The lowest BCUT2D eigenvalue weighted by Crippen LogP contribution is -2.45. The van der Waals surface area contributed by atoms with Crippen LogP contribution in [0.15, 0.2) is 0 Å². The quantitative estimate of drug-likeness (QED) is 0.924. The molecule has 1 aromatic rings. The third-order valence-electron chi connectivity index (χ3n) is 4.27. The second kappa shape index (κ2) is 6.36. The Morgan fingerprint density at radius 2 is 1.95 bits per heavy atom. The van der Waals surface area contributed by atoms with Gasteiger partial charge in [-0.1, -0.05) is 13.8 Å². The average molecular weight is 324 g/mol. The Morgan fingerprint density at radius 1 is 1.36 bits per heavy atom. The van der Waals surface area contributed by atoms with E-state index in [1.807, 2.05) is 6.92 Å². The Kier molecular flexibility index (Phi) is 4.90. The molecule has 1 saturated heterocycles. The number of aryl methyl sites for hydroxylation is 1. The maximum Gasteiger partial charge on any atom is 0.309 e. The van der Waals surface area contributed by atoms with Crippen LogP contribution in [0.25, 0.3) is 0 Å². The number of thiazole rings is 1. The number of carbonyl (C=O) groups excluding carboxylic acids is 1. The number of rotatable bonds is 4. The first-order valence-electron chi connectivity index (χ1n) is 7.72. The molecule has 2 heterocycles. The van der Waals surface area contributed by atoms with Gasteiger partial charge in [0.1, 0.15) is 4.88 Å². The van der Waals surface area contributed by atoms with Crippen LogP contribution in [0.1, 0.15) is 54.0 Å². The van der Waals surface area contributed by atoms with Crippen molar-refractivity contribution >= 4 is 23.2 Å². The van der Waals surface area contributed by atoms with Crippen LogP contribution in [0.4, 0.5) is 0 Å². The van der Waals surface area contributed by atoms with Gasteiger partial charge >= 0.3 is 5.97 Å². The zero-order valence-corrected chi connectivity index (χ0v) is 14.5. The number of aromatic nitrogens is 1. The summed E-state index contributed by atoms with van der Waals surface area (Å²) in [7, 11) is 0. The lowest BCUT2D eigenvalue weighted by molar-refractivity contribution is -0.150. The second-order valence-corrected chi connectivity index (χ2v) is 7.97. The van der Waals surface area contributed by atoms with Crippen molar-refractivity contribution in [3.63, 3.8) is 0 Å². The molecule has 2 rings (SSSR count). The zero-order chi connectivity index (χ0) is 16.5. The summed E-state index contributed by atoms with van der Waals surface area (Å²) in [6, 6.07) is 0. The number of nitrogens with zero attached hydrogens (tertiary/aromatic N) is 2. The molecule has 1 fully saturated rings. The minimum atomic E-state index is -0.770. The minimum absolute atomic E-state index is 0.00805. The highest BCUT2D eigenvalue weighted by Crippen LogP contribution is 2.32. The Morgan fingerprint density at radius 3 is 2.45 bits per heavy atom. The fourth-order valence-corrected chi connectivity index (χ4v) is 3.64. The number of carboxylic acids is 1. The van der Waals surface area contributed by atoms with Crippen molar-refractivity contribution < 1.29 is 14.7 Å². The topological polar surface area (TPSA) is 70.5 Å². The number of carbonyl (C=O) groups is 2. The first kappa shape index (κ1) is 16.9. The van der Waals surface area contributed by atoms with Crippen molar-refractivity contribution in [1.82, 2.24) is 9.88 Å². The van der Waals surface area contributed by atoms with Gasteiger partial charge in [0, 0.05) is 13.1 Å². The van der Waals surface area contributed by atoms with E-state index in [2.05, 4.69) is 18.8 Å². The molecule has 1 aromatic heterocycles. The van der Waals surface area contributed by atoms with Gasteiger partial charge in [-0.25, -0.2) is 4.98 Å². The van der Waals surface area contributed by atoms with Crippen LogP contribution in [0.5, 0.6) is 0 Å². The maximum atomic E-state index is 12.7. The van der Waals surface area contributed by atoms with E-state index >= 15 is 0 Å². The van der Waals surface area contributed by atoms with E-state index in [4.69, 9.17) is 0 Å². The van der Waals surface area contributed by atoms with Crippen molar-refractivity contribution in [3.05, 3.63) is 15.6 Å². The highest BCUT2D eigenvalue weighted by Gasteiger charge is 2.38. The molecule has 1 amide bonds. The van der Waals surface area contributed by atoms with Gasteiger partial charge < -0.3 is 10.0 Å². The standard InChI is InChI=1S/C16H24N2O3S/c1-10(2)9-12-13(22-11(3)17-12)14(19)18-7-5-16(4,6-8-18)15(20)21/h10H,5-9H2,1-4H3,(H,20,21). The third kappa shape index (κ3) is 3.48. The summed E-state index contributed by atoms with van der Waals surface area (Å²) in [5.74, 6) is -0.313. The highest BCUT2D eigenvalue weighted by atomic mass is 32.1. The van der Waals surface area contributed by atoms with E-state index in [9.17, 15) is 14.7 Å². The molecule has 0 radical (unpaired) electrons. The Labute approximate surface area is 135 Å². The van der Waals surface area contributed by atoms with E-state index in [1.54, 1.807) is 11.8 Å². The van der Waals surface area contributed by atoms with Gasteiger partial charge in [-0.15, -0.1) is 11.3 Å². The molecular formula is C16H24N2O3S. The minimum Gasteiger partial charge on any atom is -0.481 e. The van der Waals surface area contributed by atoms with Crippen LogP contribution >= 0.6 is 11.3 Å². The molecule has 5 nitrogen and oxygen atoms in total.